The van der Waals surface area contributed by atoms with E-state index in [1.165, 1.54) is 0 Å². The number of aliphatic hydroxyl groups is 1. The molecule has 7 nitrogen and oxygen atoms in total. The van der Waals surface area contributed by atoms with Crippen LogP contribution in [0, 0.1) is 0 Å². The van der Waals surface area contributed by atoms with Gasteiger partial charge in [-0.1, -0.05) is 24.3 Å². The predicted molar refractivity (Wildman–Crippen MR) is 142 cm³/mol. The van der Waals surface area contributed by atoms with Crippen LogP contribution < -0.4 is 9.64 Å². The molecular formula is C30H25N3O4. The molecule has 0 atom stereocenters. The summed E-state index contributed by atoms with van der Waals surface area (Å²) in [6.45, 7) is 4.38. The van der Waals surface area contributed by atoms with E-state index in [4.69, 9.17) is 9.15 Å². The molecular weight excluding hydrogens is 466 g/mol. The summed E-state index contributed by atoms with van der Waals surface area (Å²) in [6, 6.07) is 22.5. The fraction of sp³-hybridized carbons (Fsp3) is 0.167. The van der Waals surface area contributed by atoms with Gasteiger partial charge in [0.25, 0.3) is 5.91 Å². The van der Waals surface area contributed by atoms with Crippen molar-refractivity contribution >= 4 is 22.7 Å². The second kappa shape index (κ2) is 8.87. The number of carbonyl (C=O) groups is 1. The average molecular weight is 492 g/mol. The number of hydrogen-bond donors (Lipinski definition) is 1. The summed E-state index contributed by atoms with van der Waals surface area (Å²) in [5.41, 5.74) is 4.84. The van der Waals surface area contributed by atoms with Crippen molar-refractivity contribution < 1.29 is 19.1 Å². The van der Waals surface area contributed by atoms with Crippen molar-refractivity contribution in [1.82, 2.24) is 9.97 Å². The number of hydrogen-bond acceptors (Lipinski definition) is 6. The Kier molecular flexibility index (Phi) is 5.50. The fourth-order valence-corrected chi connectivity index (χ4v) is 4.55. The molecule has 0 saturated heterocycles. The Hall–Kier alpha value is -4.49. The molecule has 5 aromatic rings. The summed E-state index contributed by atoms with van der Waals surface area (Å²) in [6.07, 6.45) is 3.42. The normalized spacial score (nSPS) is 13.3. The lowest BCUT2D eigenvalue weighted by molar-refractivity contribution is 0.0739. The molecule has 7 heteroatoms. The van der Waals surface area contributed by atoms with Crippen LogP contribution in [0.1, 0.15) is 29.9 Å². The van der Waals surface area contributed by atoms with Crippen molar-refractivity contribution in [3.63, 3.8) is 0 Å². The molecule has 3 aromatic heterocycles. The van der Waals surface area contributed by atoms with E-state index in [0.717, 1.165) is 27.9 Å². The third kappa shape index (κ3) is 4.23. The van der Waals surface area contributed by atoms with Crippen LogP contribution in [0.4, 0.5) is 5.69 Å². The standard InChI is InChI=1S/C30H25N3O4/c1-30(2,35)27-17-21(11-13-32-27)22-12-14-31-23-18-26(37-28(22)23)19-7-9-20(10-8-19)29(34)33-15-16-36-25-6-4-3-5-24(25)33/h3-14,17-18,35H,15-16H2,1-2H3. The lowest BCUT2D eigenvalue weighted by atomic mass is 10.00. The highest BCUT2D eigenvalue weighted by Gasteiger charge is 2.24. The number of nitrogens with zero attached hydrogens (tertiary/aromatic N) is 3. The maximum atomic E-state index is 13.3. The van der Waals surface area contributed by atoms with Gasteiger partial charge in [-0.2, -0.15) is 0 Å². The zero-order valence-corrected chi connectivity index (χ0v) is 20.5. The van der Waals surface area contributed by atoms with Crippen LogP contribution in [0.3, 0.4) is 0 Å². The second-order valence-electron chi connectivity index (χ2n) is 9.52. The van der Waals surface area contributed by atoms with Gasteiger partial charge in [-0.3, -0.25) is 14.8 Å². The number of anilines is 1. The number of aromatic nitrogens is 2. The predicted octanol–water partition coefficient (Wildman–Crippen LogP) is 5.82. The molecule has 0 spiro atoms. The largest absolute Gasteiger partial charge is 0.490 e. The quantitative estimate of drug-likeness (QED) is 0.341. The summed E-state index contributed by atoms with van der Waals surface area (Å²) in [4.78, 5) is 23.8. The molecule has 184 valence electrons. The monoisotopic (exact) mass is 491 g/mol. The Bertz CT molecular complexity index is 1620. The van der Waals surface area contributed by atoms with Crippen molar-refractivity contribution in [1.29, 1.82) is 0 Å². The second-order valence-corrected chi connectivity index (χ2v) is 9.52. The van der Waals surface area contributed by atoms with Gasteiger partial charge in [0.15, 0.2) is 5.58 Å². The first kappa shape index (κ1) is 22.9. The third-order valence-electron chi connectivity index (χ3n) is 6.50. The fourth-order valence-electron chi connectivity index (χ4n) is 4.55. The molecule has 2 aromatic carbocycles. The number of furan rings is 1. The molecule has 0 radical (unpaired) electrons. The summed E-state index contributed by atoms with van der Waals surface area (Å²) >= 11 is 0. The van der Waals surface area contributed by atoms with Gasteiger partial charge in [0.1, 0.15) is 29.2 Å². The Balaban J connectivity index is 1.31. The molecule has 1 aliphatic rings. The number of fused-ring (bicyclic) bond motifs is 2. The minimum atomic E-state index is -1.06. The third-order valence-corrected chi connectivity index (χ3v) is 6.50. The molecule has 0 unspecified atom stereocenters. The lowest BCUT2D eigenvalue weighted by Gasteiger charge is -2.29. The van der Waals surface area contributed by atoms with Crippen molar-refractivity contribution in [2.24, 2.45) is 0 Å². The van der Waals surface area contributed by atoms with E-state index in [0.29, 0.717) is 41.5 Å². The highest BCUT2D eigenvalue weighted by molar-refractivity contribution is 6.07. The molecule has 6 rings (SSSR count). The minimum Gasteiger partial charge on any atom is -0.490 e. The van der Waals surface area contributed by atoms with E-state index in [9.17, 15) is 9.90 Å². The Morgan fingerprint density at radius 1 is 0.946 bits per heavy atom. The number of pyridine rings is 2. The van der Waals surface area contributed by atoms with E-state index >= 15 is 0 Å². The van der Waals surface area contributed by atoms with Crippen molar-refractivity contribution in [2.75, 3.05) is 18.1 Å². The van der Waals surface area contributed by atoms with Crippen molar-refractivity contribution in [2.45, 2.75) is 19.4 Å². The summed E-state index contributed by atoms with van der Waals surface area (Å²) in [5.74, 6) is 1.30. The average Bonchev–Trinajstić information content (AvgIpc) is 3.37. The molecule has 0 saturated carbocycles. The van der Waals surface area contributed by atoms with Gasteiger partial charge >= 0.3 is 0 Å². The molecule has 37 heavy (non-hydrogen) atoms. The molecule has 0 fully saturated rings. The minimum absolute atomic E-state index is 0.0730. The van der Waals surface area contributed by atoms with E-state index in [2.05, 4.69) is 9.97 Å². The molecule has 1 N–H and O–H groups in total. The van der Waals surface area contributed by atoms with Gasteiger partial charge in [-0.15, -0.1) is 0 Å². The van der Waals surface area contributed by atoms with Crippen LogP contribution in [0.5, 0.6) is 5.75 Å². The highest BCUT2D eigenvalue weighted by Crippen LogP contribution is 2.35. The van der Waals surface area contributed by atoms with Crippen LogP contribution >= 0.6 is 0 Å². The van der Waals surface area contributed by atoms with Gasteiger partial charge in [0.2, 0.25) is 0 Å². The molecule has 1 aliphatic heterocycles. The van der Waals surface area contributed by atoms with Gasteiger partial charge in [-0.25, -0.2) is 0 Å². The SMILES string of the molecule is CC(C)(O)c1cc(-c2ccnc3cc(-c4ccc(C(=O)N5CCOc6ccccc65)cc4)oc23)ccn1. The van der Waals surface area contributed by atoms with Crippen LogP contribution in [0.2, 0.25) is 0 Å². The zero-order chi connectivity index (χ0) is 25.6. The maximum absolute atomic E-state index is 13.3. The van der Waals surface area contributed by atoms with Gasteiger partial charge in [0, 0.05) is 35.2 Å². The summed E-state index contributed by atoms with van der Waals surface area (Å²) in [7, 11) is 0. The first-order valence-electron chi connectivity index (χ1n) is 12.1. The van der Waals surface area contributed by atoms with E-state index in [-0.39, 0.29) is 5.91 Å². The number of para-hydroxylation sites is 2. The van der Waals surface area contributed by atoms with Crippen LogP contribution in [0.15, 0.2) is 89.6 Å². The number of benzene rings is 2. The van der Waals surface area contributed by atoms with Crippen molar-refractivity contribution in [3.8, 4) is 28.2 Å². The molecule has 4 heterocycles. The summed E-state index contributed by atoms with van der Waals surface area (Å²) < 4.78 is 12.0. The Morgan fingerprint density at radius 3 is 2.54 bits per heavy atom. The van der Waals surface area contributed by atoms with E-state index < -0.39 is 5.60 Å². The molecule has 0 bridgehead atoms. The highest BCUT2D eigenvalue weighted by atomic mass is 16.5. The maximum Gasteiger partial charge on any atom is 0.258 e. The number of carbonyl (C=O) groups excluding carboxylic acids is 1. The zero-order valence-electron chi connectivity index (χ0n) is 20.5. The topological polar surface area (TPSA) is 88.7 Å². The van der Waals surface area contributed by atoms with Gasteiger partial charge < -0.3 is 19.2 Å². The van der Waals surface area contributed by atoms with Crippen molar-refractivity contribution in [3.05, 3.63) is 96.4 Å². The Morgan fingerprint density at radius 2 is 1.73 bits per heavy atom. The van der Waals surface area contributed by atoms with Gasteiger partial charge in [-0.05, 0) is 61.9 Å². The smallest absolute Gasteiger partial charge is 0.258 e. The van der Waals surface area contributed by atoms with E-state index in [1.54, 1.807) is 31.1 Å². The molecule has 1 amide bonds. The number of amides is 1. The van der Waals surface area contributed by atoms with E-state index in [1.807, 2.05) is 72.8 Å². The van der Waals surface area contributed by atoms with Gasteiger partial charge in [0.05, 0.1) is 17.9 Å². The first-order chi connectivity index (χ1) is 17.9. The Labute approximate surface area is 214 Å². The van der Waals surface area contributed by atoms with Crippen LogP contribution in [0.25, 0.3) is 33.6 Å². The number of ether oxygens (including phenoxy) is 1. The number of rotatable bonds is 4. The van der Waals surface area contributed by atoms with Crippen LogP contribution in [-0.4, -0.2) is 34.1 Å². The van der Waals surface area contributed by atoms with Crippen LogP contribution in [-0.2, 0) is 5.60 Å². The first-order valence-corrected chi connectivity index (χ1v) is 12.1. The molecule has 0 aliphatic carbocycles. The lowest BCUT2D eigenvalue weighted by Crippen LogP contribution is -2.37. The summed E-state index contributed by atoms with van der Waals surface area (Å²) in [5, 5.41) is 10.4.